The average molecular weight is 334 g/mol. The maximum atomic E-state index is 14.2. The minimum Gasteiger partial charge on any atom is -0.494 e. The Kier molecular flexibility index (Phi) is 5.28. The van der Waals surface area contributed by atoms with Gasteiger partial charge in [-0.25, -0.2) is 9.37 Å². The number of hydrogen-bond acceptors (Lipinski definition) is 4. The largest absolute Gasteiger partial charge is 0.494 e. The van der Waals surface area contributed by atoms with Crippen LogP contribution in [0.1, 0.15) is 34.5 Å². The fraction of sp³-hybridized carbons (Fsp3) is 0.500. The number of thiazole rings is 1. The molecule has 124 valence electrons. The molecule has 0 unspecified atom stereocenters. The van der Waals surface area contributed by atoms with Crippen molar-refractivity contribution in [2.45, 2.75) is 39.7 Å². The van der Waals surface area contributed by atoms with E-state index in [1.165, 1.54) is 16.6 Å². The minimum atomic E-state index is -0.162. The van der Waals surface area contributed by atoms with Crippen LogP contribution in [0.4, 0.5) is 4.39 Å². The second-order valence-electron chi connectivity index (χ2n) is 5.98. The topological polar surface area (TPSA) is 25.4 Å². The quantitative estimate of drug-likeness (QED) is 0.799. The first kappa shape index (κ1) is 16.4. The zero-order chi connectivity index (χ0) is 16.2. The Balaban J connectivity index is 1.56. The molecular weight excluding hydrogens is 311 g/mol. The van der Waals surface area contributed by atoms with Gasteiger partial charge in [-0.2, -0.15) is 0 Å². The number of fused-ring (bicyclic) bond motifs is 1. The molecule has 2 aromatic rings. The number of benzene rings is 1. The van der Waals surface area contributed by atoms with Gasteiger partial charge in [0.05, 0.1) is 17.3 Å². The SMILES string of the molecule is CCCOc1ccc(CCN2CCc3nc(C)sc3C2)c(F)c1. The summed E-state index contributed by atoms with van der Waals surface area (Å²) >= 11 is 1.78. The van der Waals surface area contributed by atoms with E-state index in [2.05, 4.69) is 16.8 Å². The van der Waals surface area contributed by atoms with Crippen LogP contribution < -0.4 is 4.74 Å². The van der Waals surface area contributed by atoms with E-state index in [0.717, 1.165) is 49.5 Å². The molecular formula is C18H23FN2OS. The van der Waals surface area contributed by atoms with Crippen LogP contribution >= 0.6 is 11.3 Å². The molecule has 3 nitrogen and oxygen atoms in total. The molecule has 2 heterocycles. The molecule has 0 saturated heterocycles. The maximum Gasteiger partial charge on any atom is 0.130 e. The Morgan fingerprint density at radius 1 is 1.39 bits per heavy atom. The van der Waals surface area contributed by atoms with Crippen molar-refractivity contribution in [1.82, 2.24) is 9.88 Å². The highest BCUT2D eigenvalue weighted by atomic mass is 32.1. The van der Waals surface area contributed by atoms with E-state index < -0.39 is 0 Å². The number of nitrogens with zero attached hydrogens (tertiary/aromatic N) is 2. The van der Waals surface area contributed by atoms with Gasteiger partial charge in [0, 0.05) is 37.0 Å². The van der Waals surface area contributed by atoms with Crippen molar-refractivity contribution in [1.29, 1.82) is 0 Å². The molecule has 0 atom stereocenters. The number of halogens is 1. The van der Waals surface area contributed by atoms with Crippen molar-refractivity contribution < 1.29 is 9.13 Å². The predicted molar refractivity (Wildman–Crippen MR) is 91.7 cm³/mol. The van der Waals surface area contributed by atoms with E-state index in [-0.39, 0.29) is 5.82 Å². The van der Waals surface area contributed by atoms with Gasteiger partial charge in [0.2, 0.25) is 0 Å². The summed E-state index contributed by atoms with van der Waals surface area (Å²) in [7, 11) is 0. The van der Waals surface area contributed by atoms with Crippen molar-refractivity contribution in [2.75, 3.05) is 19.7 Å². The first-order valence-electron chi connectivity index (χ1n) is 8.24. The standard InChI is InChI=1S/C18H23FN2OS/c1-3-10-22-15-5-4-14(16(19)11-15)6-8-21-9-7-17-18(12-21)23-13(2)20-17/h4-5,11H,3,6-10,12H2,1-2H3. The highest BCUT2D eigenvalue weighted by molar-refractivity contribution is 7.11. The lowest BCUT2D eigenvalue weighted by Crippen LogP contribution is -2.31. The summed E-state index contributed by atoms with van der Waals surface area (Å²) in [4.78, 5) is 8.33. The lowest BCUT2D eigenvalue weighted by molar-refractivity contribution is 0.258. The molecule has 0 spiro atoms. The predicted octanol–water partition coefficient (Wildman–Crippen LogP) is 3.98. The number of aromatic nitrogens is 1. The molecule has 5 heteroatoms. The zero-order valence-corrected chi connectivity index (χ0v) is 14.6. The van der Waals surface area contributed by atoms with Crippen LogP contribution in [-0.4, -0.2) is 29.6 Å². The van der Waals surface area contributed by atoms with Crippen molar-refractivity contribution in [3.8, 4) is 5.75 Å². The van der Waals surface area contributed by atoms with Crippen molar-refractivity contribution >= 4 is 11.3 Å². The first-order valence-corrected chi connectivity index (χ1v) is 9.06. The van der Waals surface area contributed by atoms with Crippen LogP contribution in [0.2, 0.25) is 0 Å². The highest BCUT2D eigenvalue weighted by Gasteiger charge is 2.19. The van der Waals surface area contributed by atoms with Gasteiger partial charge in [-0.05, 0) is 31.4 Å². The van der Waals surface area contributed by atoms with Gasteiger partial charge in [-0.1, -0.05) is 13.0 Å². The fourth-order valence-corrected chi connectivity index (χ4v) is 3.91. The van der Waals surface area contributed by atoms with Gasteiger partial charge in [-0.15, -0.1) is 11.3 Å². The molecule has 0 saturated carbocycles. The summed E-state index contributed by atoms with van der Waals surface area (Å²) in [6.07, 6.45) is 2.66. The molecule has 0 fully saturated rings. The molecule has 23 heavy (non-hydrogen) atoms. The Labute approximate surface area is 141 Å². The Bertz CT molecular complexity index is 671. The molecule has 0 aliphatic carbocycles. The lowest BCUT2D eigenvalue weighted by atomic mass is 10.1. The van der Waals surface area contributed by atoms with Crippen LogP contribution in [0.15, 0.2) is 18.2 Å². The number of ether oxygens (including phenoxy) is 1. The van der Waals surface area contributed by atoms with E-state index >= 15 is 0 Å². The zero-order valence-electron chi connectivity index (χ0n) is 13.8. The van der Waals surface area contributed by atoms with E-state index in [9.17, 15) is 4.39 Å². The molecule has 1 aromatic heterocycles. The second kappa shape index (κ2) is 7.41. The van der Waals surface area contributed by atoms with Crippen LogP contribution in [0, 0.1) is 12.7 Å². The third-order valence-corrected chi connectivity index (χ3v) is 5.11. The van der Waals surface area contributed by atoms with Gasteiger partial charge in [0.1, 0.15) is 11.6 Å². The van der Waals surface area contributed by atoms with Gasteiger partial charge >= 0.3 is 0 Å². The van der Waals surface area contributed by atoms with Gasteiger partial charge in [0.25, 0.3) is 0 Å². The van der Waals surface area contributed by atoms with Crippen LogP contribution in [0.3, 0.4) is 0 Å². The molecule has 0 amide bonds. The highest BCUT2D eigenvalue weighted by Crippen LogP contribution is 2.25. The summed E-state index contributed by atoms with van der Waals surface area (Å²) in [5, 5.41) is 1.14. The van der Waals surface area contributed by atoms with Crippen LogP contribution in [0.25, 0.3) is 0 Å². The average Bonchev–Trinajstić information content (AvgIpc) is 2.91. The number of aryl methyl sites for hydroxylation is 1. The fourth-order valence-electron chi connectivity index (χ4n) is 2.89. The van der Waals surface area contributed by atoms with Crippen molar-refractivity contribution in [2.24, 2.45) is 0 Å². The monoisotopic (exact) mass is 334 g/mol. The lowest BCUT2D eigenvalue weighted by Gasteiger charge is -2.25. The normalized spacial score (nSPS) is 14.7. The Hall–Kier alpha value is -1.46. The van der Waals surface area contributed by atoms with Crippen LogP contribution in [0.5, 0.6) is 5.75 Å². The van der Waals surface area contributed by atoms with Crippen molar-refractivity contribution in [3.63, 3.8) is 0 Å². The summed E-state index contributed by atoms with van der Waals surface area (Å²) < 4.78 is 19.6. The second-order valence-corrected chi connectivity index (χ2v) is 7.27. The van der Waals surface area contributed by atoms with E-state index in [0.29, 0.717) is 12.4 Å². The molecule has 1 aliphatic heterocycles. The van der Waals surface area contributed by atoms with Crippen LogP contribution in [-0.2, 0) is 19.4 Å². The van der Waals surface area contributed by atoms with E-state index in [4.69, 9.17) is 4.74 Å². The Morgan fingerprint density at radius 3 is 3.04 bits per heavy atom. The molecule has 0 N–H and O–H groups in total. The molecule has 1 aromatic carbocycles. The summed E-state index contributed by atoms with van der Waals surface area (Å²) in [6.45, 7) is 7.56. The molecule has 3 rings (SSSR count). The Morgan fingerprint density at radius 2 is 2.26 bits per heavy atom. The number of hydrogen-bond donors (Lipinski definition) is 0. The van der Waals surface area contributed by atoms with E-state index in [1.807, 2.05) is 19.1 Å². The van der Waals surface area contributed by atoms with Gasteiger partial charge in [-0.3, -0.25) is 4.90 Å². The summed E-state index contributed by atoms with van der Waals surface area (Å²) in [5.74, 6) is 0.459. The molecule has 0 radical (unpaired) electrons. The van der Waals surface area contributed by atoms with Gasteiger partial charge in [0.15, 0.2) is 0 Å². The minimum absolute atomic E-state index is 0.162. The smallest absolute Gasteiger partial charge is 0.130 e. The maximum absolute atomic E-state index is 14.2. The van der Waals surface area contributed by atoms with Crippen molar-refractivity contribution in [3.05, 3.63) is 45.2 Å². The third kappa shape index (κ3) is 4.09. The summed E-state index contributed by atoms with van der Waals surface area (Å²) in [6, 6.07) is 5.23. The number of rotatable bonds is 6. The third-order valence-electron chi connectivity index (χ3n) is 4.11. The van der Waals surface area contributed by atoms with Gasteiger partial charge < -0.3 is 4.74 Å². The van der Waals surface area contributed by atoms with E-state index in [1.54, 1.807) is 11.3 Å². The molecule has 0 bridgehead atoms. The molecule has 1 aliphatic rings. The summed E-state index contributed by atoms with van der Waals surface area (Å²) in [5.41, 5.74) is 2.02. The first-order chi connectivity index (χ1) is 11.2.